The van der Waals surface area contributed by atoms with Crippen molar-refractivity contribution in [2.24, 2.45) is 24.8 Å². The van der Waals surface area contributed by atoms with E-state index < -0.39 is 0 Å². The molecule has 1 heterocycles. The van der Waals surface area contributed by atoms with E-state index in [2.05, 4.69) is 17.3 Å². The molecule has 0 spiro atoms. The number of halogens is 1. The first-order chi connectivity index (χ1) is 8.72. The SMILES string of the molecule is CCNC(c1c(Cl)cnn1C)C(C1CC1)C1CC1. The van der Waals surface area contributed by atoms with Gasteiger partial charge < -0.3 is 5.32 Å². The van der Waals surface area contributed by atoms with Gasteiger partial charge in [-0.25, -0.2) is 0 Å². The lowest BCUT2D eigenvalue weighted by Crippen LogP contribution is -2.32. The summed E-state index contributed by atoms with van der Waals surface area (Å²) in [6.07, 6.45) is 7.38. The lowest BCUT2D eigenvalue weighted by atomic mass is 9.87. The van der Waals surface area contributed by atoms with Crippen LogP contribution in [0.4, 0.5) is 0 Å². The number of nitrogens with one attached hydrogen (secondary N) is 1. The van der Waals surface area contributed by atoms with Crippen molar-refractivity contribution in [3.63, 3.8) is 0 Å². The van der Waals surface area contributed by atoms with Gasteiger partial charge in [0.1, 0.15) is 0 Å². The Morgan fingerprint density at radius 2 is 2.00 bits per heavy atom. The van der Waals surface area contributed by atoms with E-state index in [9.17, 15) is 0 Å². The summed E-state index contributed by atoms with van der Waals surface area (Å²) in [5, 5.41) is 8.78. The fourth-order valence-corrected chi connectivity index (χ4v) is 3.58. The van der Waals surface area contributed by atoms with Crippen LogP contribution in [0.3, 0.4) is 0 Å². The van der Waals surface area contributed by atoms with Gasteiger partial charge in [0.25, 0.3) is 0 Å². The van der Waals surface area contributed by atoms with E-state index in [4.69, 9.17) is 11.6 Å². The second-order valence-electron chi connectivity index (χ2n) is 5.79. The van der Waals surface area contributed by atoms with E-state index >= 15 is 0 Å². The molecule has 2 saturated carbocycles. The molecule has 1 aromatic heterocycles. The highest BCUT2D eigenvalue weighted by Crippen LogP contribution is 2.54. The van der Waals surface area contributed by atoms with Crippen LogP contribution in [0.1, 0.15) is 44.3 Å². The number of aromatic nitrogens is 2. The molecule has 1 N–H and O–H groups in total. The second-order valence-corrected chi connectivity index (χ2v) is 6.20. The number of hydrogen-bond acceptors (Lipinski definition) is 2. The second kappa shape index (κ2) is 4.86. The fourth-order valence-electron chi connectivity index (χ4n) is 3.30. The van der Waals surface area contributed by atoms with Gasteiger partial charge in [-0.05, 0) is 50.0 Å². The summed E-state index contributed by atoms with van der Waals surface area (Å²) >= 11 is 6.35. The minimum Gasteiger partial charge on any atom is -0.309 e. The number of hydrogen-bond donors (Lipinski definition) is 1. The van der Waals surface area contributed by atoms with Crippen LogP contribution in [0, 0.1) is 17.8 Å². The van der Waals surface area contributed by atoms with Gasteiger partial charge in [0.2, 0.25) is 0 Å². The Hall–Kier alpha value is -0.540. The third kappa shape index (κ3) is 2.30. The predicted octanol–water partition coefficient (Wildman–Crippen LogP) is 3.16. The average Bonchev–Trinajstić information content (AvgIpc) is 3.22. The van der Waals surface area contributed by atoms with Crippen molar-refractivity contribution in [1.82, 2.24) is 15.1 Å². The van der Waals surface area contributed by atoms with Crippen LogP contribution in [-0.4, -0.2) is 16.3 Å². The number of nitrogens with zero attached hydrogens (tertiary/aromatic N) is 2. The fraction of sp³-hybridized carbons (Fsp3) is 0.786. The number of aryl methyl sites for hydroxylation is 1. The van der Waals surface area contributed by atoms with Crippen LogP contribution in [0.25, 0.3) is 0 Å². The van der Waals surface area contributed by atoms with Gasteiger partial charge in [0.15, 0.2) is 0 Å². The molecule has 0 radical (unpaired) electrons. The molecule has 100 valence electrons. The molecule has 1 aromatic rings. The molecular weight excluding hydrogens is 246 g/mol. The molecular formula is C14H22ClN3. The van der Waals surface area contributed by atoms with Crippen molar-refractivity contribution >= 4 is 11.6 Å². The molecule has 1 atom stereocenters. The van der Waals surface area contributed by atoms with E-state index in [1.54, 1.807) is 6.20 Å². The molecule has 2 fully saturated rings. The van der Waals surface area contributed by atoms with Crippen molar-refractivity contribution in [2.75, 3.05) is 6.54 Å². The summed E-state index contributed by atoms with van der Waals surface area (Å²) in [7, 11) is 2.00. The minimum atomic E-state index is 0.384. The molecule has 0 bridgehead atoms. The summed E-state index contributed by atoms with van der Waals surface area (Å²) < 4.78 is 1.95. The smallest absolute Gasteiger partial charge is 0.0834 e. The first-order valence-electron chi connectivity index (χ1n) is 7.13. The normalized spacial score (nSPS) is 21.6. The van der Waals surface area contributed by atoms with Crippen molar-refractivity contribution in [2.45, 2.75) is 38.6 Å². The minimum absolute atomic E-state index is 0.384. The Morgan fingerprint density at radius 3 is 2.39 bits per heavy atom. The summed E-state index contributed by atoms with van der Waals surface area (Å²) in [4.78, 5) is 0. The topological polar surface area (TPSA) is 29.9 Å². The summed E-state index contributed by atoms with van der Waals surface area (Å²) in [6.45, 7) is 3.16. The van der Waals surface area contributed by atoms with Gasteiger partial charge in [0.05, 0.1) is 23.0 Å². The van der Waals surface area contributed by atoms with Crippen molar-refractivity contribution in [1.29, 1.82) is 0 Å². The average molecular weight is 268 g/mol. The molecule has 3 nitrogen and oxygen atoms in total. The highest BCUT2D eigenvalue weighted by Gasteiger charge is 2.46. The summed E-state index contributed by atoms with van der Waals surface area (Å²) in [6, 6.07) is 0.384. The van der Waals surface area contributed by atoms with Gasteiger partial charge in [0, 0.05) is 7.05 Å². The maximum atomic E-state index is 6.35. The van der Waals surface area contributed by atoms with Crippen LogP contribution < -0.4 is 5.32 Å². The zero-order valence-corrected chi connectivity index (χ0v) is 12.0. The summed E-state index contributed by atoms with van der Waals surface area (Å²) in [5.74, 6) is 2.58. The first kappa shape index (κ1) is 12.5. The van der Waals surface area contributed by atoms with E-state index in [0.717, 1.165) is 29.3 Å². The molecule has 3 rings (SSSR count). The highest BCUT2D eigenvalue weighted by atomic mass is 35.5. The van der Waals surface area contributed by atoms with Gasteiger partial charge in [-0.2, -0.15) is 5.10 Å². The molecule has 0 amide bonds. The van der Waals surface area contributed by atoms with Crippen LogP contribution >= 0.6 is 11.6 Å². The van der Waals surface area contributed by atoms with Crippen LogP contribution in [-0.2, 0) is 7.05 Å². The maximum Gasteiger partial charge on any atom is 0.0834 e. The lowest BCUT2D eigenvalue weighted by molar-refractivity contribution is 0.280. The zero-order valence-electron chi connectivity index (χ0n) is 11.2. The van der Waals surface area contributed by atoms with Gasteiger partial charge >= 0.3 is 0 Å². The Kier molecular flexibility index (Phi) is 3.37. The van der Waals surface area contributed by atoms with Crippen LogP contribution in [0.5, 0.6) is 0 Å². The van der Waals surface area contributed by atoms with E-state index in [0.29, 0.717) is 6.04 Å². The Bertz CT molecular complexity index is 389. The van der Waals surface area contributed by atoms with Gasteiger partial charge in [-0.3, -0.25) is 4.68 Å². The van der Waals surface area contributed by atoms with E-state index in [1.165, 1.54) is 31.4 Å². The predicted molar refractivity (Wildman–Crippen MR) is 73.6 cm³/mol. The lowest BCUT2D eigenvalue weighted by Gasteiger charge is -2.28. The maximum absolute atomic E-state index is 6.35. The van der Waals surface area contributed by atoms with E-state index in [-0.39, 0.29) is 0 Å². The molecule has 0 aliphatic heterocycles. The molecule has 0 aromatic carbocycles. The third-order valence-corrected chi connectivity index (χ3v) is 4.67. The Morgan fingerprint density at radius 1 is 1.39 bits per heavy atom. The molecule has 1 unspecified atom stereocenters. The Balaban J connectivity index is 1.90. The molecule has 18 heavy (non-hydrogen) atoms. The first-order valence-corrected chi connectivity index (χ1v) is 7.51. The van der Waals surface area contributed by atoms with Gasteiger partial charge in [-0.15, -0.1) is 0 Å². The standard InChI is InChI=1S/C14H22ClN3/c1-3-16-13(14-11(15)8-17-18(14)2)12(9-4-5-9)10-6-7-10/h8-10,12-13,16H,3-7H2,1-2H3. The molecule has 4 heteroatoms. The molecule has 2 aliphatic rings. The third-order valence-electron chi connectivity index (χ3n) is 4.37. The van der Waals surface area contributed by atoms with Crippen molar-refractivity contribution in [3.05, 3.63) is 16.9 Å². The Labute approximate surface area is 114 Å². The van der Waals surface area contributed by atoms with Crippen LogP contribution in [0.15, 0.2) is 6.20 Å². The molecule has 0 saturated heterocycles. The molecule has 2 aliphatic carbocycles. The zero-order chi connectivity index (χ0) is 12.7. The monoisotopic (exact) mass is 267 g/mol. The quantitative estimate of drug-likeness (QED) is 0.858. The highest BCUT2D eigenvalue weighted by molar-refractivity contribution is 6.31. The van der Waals surface area contributed by atoms with Crippen LogP contribution in [0.2, 0.25) is 5.02 Å². The van der Waals surface area contributed by atoms with E-state index in [1.807, 2.05) is 11.7 Å². The number of rotatable bonds is 6. The van der Waals surface area contributed by atoms with Crippen molar-refractivity contribution < 1.29 is 0 Å². The van der Waals surface area contributed by atoms with Gasteiger partial charge in [-0.1, -0.05) is 18.5 Å². The van der Waals surface area contributed by atoms with Crippen molar-refractivity contribution in [3.8, 4) is 0 Å². The largest absolute Gasteiger partial charge is 0.309 e. The summed E-state index contributed by atoms with van der Waals surface area (Å²) in [5.41, 5.74) is 1.18.